The van der Waals surface area contributed by atoms with Crippen molar-refractivity contribution in [3.8, 4) is 11.5 Å². The van der Waals surface area contributed by atoms with Crippen LogP contribution in [0, 0.1) is 0 Å². The first-order chi connectivity index (χ1) is 14.2. The number of ether oxygens (including phenoxy) is 3. The molecule has 0 atom stereocenters. The summed E-state index contributed by atoms with van der Waals surface area (Å²) < 4.78 is 17.1. The summed E-state index contributed by atoms with van der Waals surface area (Å²) >= 11 is 0. The lowest BCUT2D eigenvalue weighted by atomic mass is 10.1. The van der Waals surface area contributed by atoms with Gasteiger partial charge < -0.3 is 14.2 Å². The van der Waals surface area contributed by atoms with E-state index < -0.39 is 0 Å². The quantitative estimate of drug-likeness (QED) is 0.189. The Morgan fingerprint density at radius 3 is 1.76 bits per heavy atom. The summed E-state index contributed by atoms with van der Waals surface area (Å²) in [7, 11) is 0. The molecule has 0 aliphatic heterocycles. The van der Waals surface area contributed by atoms with Crippen molar-refractivity contribution in [2.45, 2.75) is 97.8 Å². The molecule has 0 bridgehead atoms. The van der Waals surface area contributed by atoms with Crippen LogP contribution in [0.5, 0.6) is 11.5 Å². The highest BCUT2D eigenvalue weighted by Gasteiger charge is 2.12. The number of carbonyl (C=O) groups excluding carboxylic acids is 1. The highest BCUT2D eigenvalue weighted by molar-refractivity contribution is 5.90. The fraction of sp³-hybridized carbons (Fsp3) is 0.720. The zero-order valence-corrected chi connectivity index (χ0v) is 19.0. The molecule has 1 rings (SSSR count). The highest BCUT2D eigenvalue weighted by Crippen LogP contribution is 2.29. The largest absolute Gasteiger partial charge is 0.490 e. The Kier molecular flexibility index (Phi) is 15.0. The van der Waals surface area contributed by atoms with Gasteiger partial charge in [0, 0.05) is 0 Å². The summed E-state index contributed by atoms with van der Waals surface area (Å²) in [4.78, 5) is 12.1. The molecule has 166 valence electrons. The van der Waals surface area contributed by atoms with Gasteiger partial charge >= 0.3 is 5.97 Å². The van der Waals surface area contributed by atoms with E-state index in [4.69, 9.17) is 14.2 Å². The summed E-state index contributed by atoms with van der Waals surface area (Å²) in [5, 5.41) is 0. The molecule has 29 heavy (non-hydrogen) atoms. The molecule has 0 aromatic heterocycles. The molecule has 0 aliphatic rings. The van der Waals surface area contributed by atoms with Crippen molar-refractivity contribution in [3.63, 3.8) is 0 Å². The van der Waals surface area contributed by atoms with Crippen LogP contribution >= 0.6 is 0 Å². The minimum Gasteiger partial charge on any atom is -0.490 e. The maximum Gasteiger partial charge on any atom is 0.338 e. The molecule has 0 aliphatic carbocycles. The smallest absolute Gasteiger partial charge is 0.338 e. The Morgan fingerprint density at radius 1 is 0.690 bits per heavy atom. The van der Waals surface area contributed by atoms with Gasteiger partial charge in [0.15, 0.2) is 11.5 Å². The topological polar surface area (TPSA) is 44.8 Å². The van der Waals surface area contributed by atoms with Crippen molar-refractivity contribution < 1.29 is 19.0 Å². The van der Waals surface area contributed by atoms with E-state index in [9.17, 15) is 4.79 Å². The number of benzene rings is 1. The fourth-order valence-electron chi connectivity index (χ4n) is 3.21. The molecule has 0 radical (unpaired) electrons. The number of rotatable bonds is 18. The lowest BCUT2D eigenvalue weighted by Gasteiger charge is -2.14. The second-order valence-electron chi connectivity index (χ2n) is 7.61. The lowest BCUT2D eigenvalue weighted by molar-refractivity contribution is 0.0525. The summed E-state index contributed by atoms with van der Waals surface area (Å²) in [5.41, 5.74) is 0.511. The van der Waals surface area contributed by atoms with E-state index in [1.54, 1.807) is 12.1 Å². The SMILES string of the molecule is CCCCCCCCOc1ccc(C(=O)OCC)cc1OCCCCCCCC. The van der Waals surface area contributed by atoms with Crippen LogP contribution in [0.2, 0.25) is 0 Å². The van der Waals surface area contributed by atoms with E-state index in [0.717, 1.165) is 18.6 Å². The van der Waals surface area contributed by atoms with Crippen LogP contribution in [0.25, 0.3) is 0 Å². The van der Waals surface area contributed by atoms with E-state index in [1.807, 2.05) is 13.0 Å². The number of hydrogen-bond donors (Lipinski definition) is 0. The Balaban J connectivity index is 2.52. The molecule has 1 aromatic rings. The van der Waals surface area contributed by atoms with Gasteiger partial charge in [-0.1, -0.05) is 78.1 Å². The Bertz CT molecular complexity index is 542. The molecular weight excluding hydrogens is 364 g/mol. The first-order valence-electron chi connectivity index (χ1n) is 11.8. The van der Waals surface area contributed by atoms with Crippen molar-refractivity contribution in [1.29, 1.82) is 0 Å². The number of hydrogen-bond acceptors (Lipinski definition) is 4. The van der Waals surface area contributed by atoms with E-state index in [-0.39, 0.29) is 5.97 Å². The molecule has 0 saturated carbocycles. The minimum atomic E-state index is -0.320. The van der Waals surface area contributed by atoms with Gasteiger partial charge in [-0.15, -0.1) is 0 Å². The molecule has 0 unspecified atom stereocenters. The van der Waals surface area contributed by atoms with Gasteiger partial charge in [0.05, 0.1) is 25.4 Å². The third kappa shape index (κ3) is 11.8. The summed E-state index contributed by atoms with van der Waals surface area (Å²) in [6.45, 7) is 7.96. The zero-order valence-electron chi connectivity index (χ0n) is 19.0. The van der Waals surface area contributed by atoms with Crippen molar-refractivity contribution in [2.24, 2.45) is 0 Å². The molecule has 0 amide bonds. The van der Waals surface area contributed by atoms with E-state index in [2.05, 4.69) is 13.8 Å². The van der Waals surface area contributed by atoms with Crippen LogP contribution in [0.4, 0.5) is 0 Å². The van der Waals surface area contributed by atoms with Gasteiger partial charge in [0.25, 0.3) is 0 Å². The number of esters is 1. The highest BCUT2D eigenvalue weighted by atomic mass is 16.5. The maximum atomic E-state index is 12.1. The lowest BCUT2D eigenvalue weighted by Crippen LogP contribution is -2.07. The van der Waals surface area contributed by atoms with Crippen LogP contribution in [-0.2, 0) is 4.74 Å². The van der Waals surface area contributed by atoms with Crippen LogP contribution < -0.4 is 9.47 Å². The standard InChI is InChI=1S/C25H42O4/c1-4-7-9-11-13-15-19-28-23-18-17-22(25(26)27-6-3)21-24(23)29-20-16-14-12-10-8-5-2/h17-18,21H,4-16,19-20H2,1-3H3. The molecular formula is C25H42O4. The molecule has 1 aromatic carbocycles. The third-order valence-electron chi connectivity index (χ3n) is 4.97. The summed E-state index contributed by atoms with van der Waals surface area (Å²) in [5.74, 6) is 1.05. The second kappa shape index (κ2) is 17.2. The van der Waals surface area contributed by atoms with Crippen LogP contribution in [0.3, 0.4) is 0 Å². The predicted molar refractivity (Wildman–Crippen MR) is 120 cm³/mol. The summed E-state index contributed by atoms with van der Waals surface area (Å²) in [6, 6.07) is 5.34. The van der Waals surface area contributed by atoms with Gasteiger partial charge in [0.1, 0.15) is 0 Å². The van der Waals surface area contributed by atoms with Crippen LogP contribution in [0.15, 0.2) is 18.2 Å². The maximum absolute atomic E-state index is 12.1. The first-order valence-corrected chi connectivity index (χ1v) is 11.8. The Hall–Kier alpha value is -1.71. The van der Waals surface area contributed by atoms with E-state index in [1.165, 1.54) is 64.2 Å². The molecule has 0 saturated heterocycles. The molecule has 0 heterocycles. The normalized spacial score (nSPS) is 10.7. The molecule has 0 spiro atoms. The van der Waals surface area contributed by atoms with Crippen molar-refractivity contribution in [3.05, 3.63) is 23.8 Å². The Morgan fingerprint density at radius 2 is 1.21 bits per heavy atom. The third-order valence-corrected chi connectivity index (χ3v) is 4.97. The summed E-state index contributed by atoms with van der Waals surface area (Å²) in [6.07, 6.45) is 14.7. The number of carbonyl (C=O) groups is 1. The first kappa shape index (κ1) is 25.3. The van der Waals surface area contributed by atoms with Gasteiger partial charge in [-0.05, 0) is 38.0 Å². The van der Waals surface area contributed by atoms with E-state index in [0.29, 0.717) is 31.1 Å². The van der Waals surface area contributed by atoms with Crippen LogP contribution in [0.1, 0.15) is 108 Å². The van der Waals surface area contributed by atoms with Crippen LogP contribution in [-0.4, -0.2) is 25.8 Å². The van der Waals surface area contributed by atoms with Crippen molar-refractivity contribution in [2.75, 3.05) is 19.8 Å². The molecule has 4 heteroatoms. The minimum absolute atomic E-state index is 0.320. The number of unbranched alkanes of at least 4 members (excludes halogenated alkanes) is 10. The molecule has 0 N–H and O–H groups in total. The fourth-order valence-corrected chi connectivity index (χ4v) is 3.21. The van der Waals surface area contributed by atoms with Crippen molar-refractivity contribution >= 4 is 5.97 Å². The average Bonchev–Trinajstić information content (AvgIpc) is 2.73. The predicted octanol–water partition coefficient (Wildman–Crippen LogP) is 7.34. The molecule has 0 fully saturated rings. The molecule has 4 nitrogen and oxygen atoms in total. The Labute approximate surface area is 178 Å². The van der Waals surface area contributed by atoms with Gasteiger partial charge in [-0.25, -0.2) is 4.79 Å². The van der Waals surface area contributed by atoms with Gasteiger partial charge in [0.2, 0.25) is 0 Å². The van der Waals surface area contributed by atoms with Gasteiger partial charge in [-0.2, -0.15) is 0 Å². The second-order valence-corrected chi connectivity index (χ2v) is 7.61. The average molecular weight is 407 g/mol. The van der Waals surface area contributed by atoms with Crippen molar-refractivity contribution in [1.82, 2.24) is 0 Å². The zero-order chi connectivity index (χ0) is 21.2. The van der Waals surface area contributed by atoms with Gasteiger partial charge in [-0.3, -0.25) is 0 Å². The monoisotopic (exact) mass is 406 g/mol. The van der Waals surface area contributed by atoms with E-state index >= 15 is 0 Å².